The number of hydrogen-bond acceptors (Lipinski definition) is 5. The van der Waals surface area contributed by atoms with Crippen LogP contribution in [-0.2, 0) is 14.8 Å². The molecule has 2 aliphatic rings. The van der Waals surface area contributed by atoms with Gasteiger partial charge in [-0.3, -0.25) is 9.59 Å². The van der Waals surface area contributed by atoms with Crippen LogP contribution < -0.4 is 10.6 Å². The van der Waals surface area contributed by atoms with Gasteiger partial charge in [0.15, 0.2) is 0 Å². The number of hydrogen-bond donors (Lipinski definition) is 2. The standard InChI is InChI=1S/C22H27N3O4S2/c1-14-6-9-17(13-18(14)31(28,29)25-10-4-3-5-11-25)23-22(27)20-15(2)12-19(30-20)24-21(26)16-7-8-16/h6,9,12-13,16H,3-5,7-8,10-11H2,1-2H3,(H,23,27)(H,24,26). The van der Waals surface area contributed by atoms with Crippen LogP contribution in [0.5, 0.6) is 0 Å². The zero-order chi connectivity index (χ0) is 22.2. The molecule has 0 radical (unpaired) electrons. The third-order valence-electron chi connectivity index (χ3n) is 5.70. The fourth-order valence-electron chi connectivity index (χ4n) is 3.73. The predicted octanol–water partition coefficient (Wildman–Crippen LogP) is 4.14. The van der Waals surface area contributed by atoms with E-state index in [1.165, 1.54) is 21.7 Å². The number of aryl methyl sites for hydroxylation is 2. The van der Waals surface area contributed by atoms with E-state index in [2.05, 4.69) is 10.6 Å². The summed E-state index contributed by atoms with van der Waals surface area (Å²) in [6.45, 7) is 4.64. The maximum atomic E-state index is 13.1. The molecular weight excluding hydrogens is 434 g/mol. The van der Waals surface area contributed by atoms with Gasteiger partial charge in [0, 0.05) is 24.7 Å². The Hall–Kier alpha value is -2.23. The first-order chi connectivity index (χ1) is 14.8. The normalized spacial score (nSPS) is 17.4. The van der Waals surface area contributed by atoms with Crippen LogP contribution in [0.25, 0.3) is 0 Å². The molecule has 0 bridgehead atoms. The molecule has 1 saturated carbocycles. The van der Waals surface area contributed by atoms with E-state index in [-0.39, 0.29) is 22.6 Å². The van der Waals surface area contributed by atoms with Crippen molar-refractivity contribution < 1.29 is 18.0 Å². The molecule has 2 N–H and O–H groups in total. The number of sulfonamides is 1. The molecule has 0 unspecified atom stereocenters. The summed E-state index contributed by atoms with van der Waals surface area (Å²) in [6.07, 6.45) is 4.61. The van der Waals surface area contributed by atoms with E-state index < -0.39 is 10.0 Å². The molecule has 2 heterocycles. The van der Waals surface area contributed by atoms with Crippen molar-refractivity contribution in [2.45, 2.75) is 50.8 Å². The van der Waals surface area contributed by atoms with Gasteiger partial charge in [0.1, 0.15) is 0 Å². The Bertz CT molecular complexity index is 1110. The second-order valence-corrected chi connectivity index (χ2v) is 11.2. The highest BCUT2D eigenvalue weighted by molar-refractivity contribution is 7.89. The molecule has 9 heteroatoms. The lowest BCUT2D eigenvalue weighted by molar-refractivity contribution is -0.117. The zero-order valence-electron chi connectivity index (χ0n) is 17.7. The number of carbonyl (C=O) groups excluding carboxylic acids is 2. The van der Waals surface area contributed by atoms with E-state index >= 15 is 0 Å². The smallest absolute Gasteiger partial charge is 0.266 e. The van der Waals surface area contributed by atoms with Gasteiger partial charge < -0.3 is 10.6 Å². The van der Waals surface area contributed by atoms with E-state index in [0.29, 0.717) is 34.2 Å². The Morgan fingerprint density at radius 3 is 2.39 bits per heavy atom. The molecule has 2 fully saturated rings. The monoisotopic (exact) mass is 461 g/mol. The molecule has 166 valence electrons. The van der Waals surface area contributed by atoms with Crippen LogP contribution in [0, 0.1) is 19.8 Å². The van der Waals surface area contributed by atoms with Crippen LogP contribution >= 0.6 is 11.3 Å². The number of benzene rings is 1. The van der Waals surface area contributed by atoms with Gasteiger partial charge in [0.2, 0.25) is 15.9 Å². The van der Waals surface area contributed by atoms with Crippen LogP contribution in [0.2, 0.25) is 0 Å². The van der Waals surface area contributed by atoms with E-state index in [4.69, 9.17) is 0 Å². The molecular formula is C22H27N3O4S2. The molecule has 31 heavy (non-hydrogen) atoms. The second kappa shape index (κ2) is 8.72. The highest BCUT2D eigenvalue weighted by Crippen LogP contribution is 2.33. The maximum Gasteiger partial charge on any atom is 0.266 e. The Morgan fingerprint density at radius 2 is 1.71 bits per heavy atom. The third kappa shape index (κ3) is 4.83. The quantitative estimate of drug-likeness (QED) is 0.676. The lowest BCUT2D eigenvalue weighted by Gasteiger charge is -2.26. The van der Waals surface area contributed by atoms with Gasteiger partial charge in [-0.1, -0.05) is 12.5 Å². The minimum Gasteiger partial charge on any atom is -0.321 e. The molecule has 2 amide bonds. The van der Waals surface area contributed by atoms with Crippen molar-refractivity contribution in [3.8, 4) is 0 Å². The number of anilines is 2. The average molecular weight is 462 g/mol. The summed E-state index contributed by atoms with van der Waals surface area (Å²) < 4.78 is 27.8. The topological polar surface area (TPSA) is 95.6 Å². The van der Waals surface area contributed by atoms with Gasteiger partial charge in [0.05, 0.1) is 14.8 Å². The molecule has 1 aromatic heterocycles. The van der Waals surface area contributed by atoms with Crippen LogP contribution in [0.4, 0.5) is 10.7 Å². The number of nitrogens with zero attached hydrogens (tertiary/aromatic N) is 1. The Morgan fingerprint density at radius 1 is 1.00 bits per heavy atom. The van der Waals surface area contributed by atoms with Gasteiger partial charge in [-0.05, 0) is 68.9 Å². The number of rotatable bonds is 6. The molecule has 0 atom stereocenters. The molecule has 1 aromatic carbocycles. The summed E-state index contributed by atoms with van der Waals surface area (Å²) >= 11 is 1.23. The fourth-order valence-corrected chi connectivity index (χ4v) is 6.46. The van der Waals surface area contributed by atoms with Crippen LogP contribution in [-0.4, -0.2) is 37.6 Å². The Balaban J connectivity index is 1.52. The minimum atomic E-state index is -3.60. The molecule has 1 aliphatic carbocycles. The summed E-state index contributed by atoms with van der Waals surface area (Å²) in [5.74, 6) is -0.230. The molecule has 4 rings (SSSR count). The highest BCUT2D eigenvalue weighted by atomic mass is 32.2. The van der Waals surface area contributed by atoms with Gasteiger partial charge in [-0.2, -0.15) is 4.31 Å². The lowest BCUT2D eigenvalue weighted by atomic mass is 10.2. The predicted molar refractivity (Wildman–Crippen MR) is 122 cm³/mol. The first-order valence-corrected chi connectivity index (χ1v) is 12.8. The van der Waals surface area contributed by atoms with E-state index in [1.807, 2.05) is 6.92 Å². The Labute approximate surface area is 186 Å². The number of carbonyl (C=O) groups is 2. The maximum absolute atomic E-state index is 13.1. The summed E-state index contributed by atoms with van der Waals surface area (Å²) in [5, 5.41) is 6.34. The molecule has 1 saturated heterocycles. The number of thiophene rings is 1. The van der Waals surface area contributed by atoms with E-state index in [1.54, 1.807) is 25.1 Å². The van der Waals surface area contributed by atoms with Gasteiger partial charge in [-0.15, -0.1) is 11.3 Å². The van der Waals surface area contributed by atoms with Crippen LogP contribution in [0.3, 0.4) is 0 Å². The average Bonchev–Trinajstić information content (AvgIpc) is 3.53. The van der Waals surface area contributed by atoms with Crippen LogP contribution in [0.15, 0.2) is 29.2 Å². The minimum absolute atomic E-state index is 0.000645. The summed E-state index contributed by atoms with van der Waals surface area (Å²) in [7, 11) is -3.60. The third-order valence-corrected chi connectivity index (χ3v) is 8.89. The Kier molecular flexibility index (Phi) is 6.18. The van der Waals surface area contributed by atoms with E-state index in [0.717, 1.165) is 37.7 Å². The van der Waals surface area contributed by atoms with Crippen molar-refractivity contribution in [3.63, 3.8) is 0 Å². The van der Waals surface area contributed by atoms with Crippen molar-refractivity contribution >= 4 is 43.9 Å². The lowest BCUT2D eigenvalue weighted by Crippen LogP contribution is -2.36. The summed E-state index contributed by atoms with van der Waals surface area (Å²) in [5.41, 5.74) is 1.85. The first kappa shape index (κ1) is 22.0. The van der Waals surface area contributed by atoms with E-state index in [9.17, 15) is 18.0 Å². The SMILES string of the molecule is Cc1ccc(NC(=O)c2sc(NC(=O)C3CC3)cc2C)cc1S(=O)(=O)N1CCCCC1. The fraction of sp³-hybridized carbons (Fsp3) is 0.455. The van der Waals surface area contributed by atoms with Gasteiger partial charge >= 0.3 is 0 Å². The van der Waals surface area contributed by atoms with Crippen molar-refractivity contribution in [2.24, 2.45) is 5.92 Å². The van der Waals surface area contributed by atoms with Gasteiger partial charge in [0.25, 0.3) is 5.91 Å². The van der Waals surface area contributed by atoms with Gasteiger partial charge in [-0.25, -0.2) is 8.42 Å². The van der Waals surface area contributed by atoms with Crippen molar-refractivity contribution in [2.75, 3.05) is 23.7 Å². The number of piperidine rings is 1. The first-order valence-electron chi connectivity index (χ1n) is 10.6. The largest absolute Gasteiger partial charge is 0.321 e. The summed E-state index contributed by atoms with van der Waals surface area (Å²) in [4.78, 5) is 25.6. The zero-order valence-corrected chi connectivity index (χ0v) is 19.4. The molecule has 1 aliphatic heterocycles. The number of amides is 2. The van der Waals surface area contributed by atoms with Crippen molar-refractivity contribution in [3.05, 3.63) is 40.3 Å². The second-order valence-electron chi connectivity index (χ2n) is 8.29. The molecule has 7 nitrogen and oxygen atoms in total. The number of nitrogens with one attached hydrogen (secondary N) is 2. The van der Waals surface area contributed by atoms with Crippen molar-refractivity contribution in [1.82, 2.24) is 4.31 Å². The van der Waals surface area contributed by atoms with Crippen molar-refractivity contribution in [1.29, 1.82) is 0 Å². The highest BCUT2D eigenvalue weighted by Gasteiger charge is 2.30. The molecule has 2 aromatic rings. The molecule has 0 spiro atoms. The summed E-state index contributed by atoms with van der Waals surface area (Å²) in [6, 6.07) is 6.76. The van der Waals surface area contributed by atoms with Crippen LogP contribution in [0.1, 0.15) is 52.9 Å².